The maximum atomic E-state index is 11.7. The number of anilines is 1. The van der Waals surface area contributed by atoms with Gasteiger partial charge in [0.25, 0.3) is 0 Å². The number of benzene rings is 1. The third-order valence-electron chi connectivity index (χ3n) is 3.00. The molecule has 0 aliphatic heterocycles. The first-order valence-electron chi connectivity index (χ1n) is 6.19. The number of nitrogens with one attached hydrogen (secondary N) is 2. The molecule has 2 N–H and O–H groups in total. The molecule has 2 aromatic heterocycles. The average Bonchev–Trinajstić information content (AvgIpc) is 2.81. The number of fused-ring (bicyclic) bond motifs is 3. The molecule has 0 aliphatic carbocycles. The largest absolute Gasteiger partial charge is 0.324 e. The molecule has 0 spiro atoms. The summed E-state index contributed by atoms with van der Waals surface area (Å²) in [4.78, 5) is 23.5. The highest BCUT2D eigenvalue weighted by atomic mass is 16.1. The molecule has 0 bridgehead atoms. The van der Waals surface area contributed by atoms with E-state index in [-0.39, 0.29) is 11.8 Å². The number of hydrogen-bond donors (Lipinski definition) is 2. The van der Waals surface area contributed by atoms with Crippen molar-refractivity contribution in [2.75, 3.05) is 5.32 Å². The first kappa shape index (κ1) is 11.6. The number of aromatic nitrogens is 3. The number of aromatic amines is 1. The number of imidazole rings is 1. The fourth-order valence-electron chi connectivity index (χ4n) is 1.95. The van der Waals surface area contributed by atoms with E-state index in [0.29, 0.717) is 5.95 Å². The Bertz CT molecular complexity index is 760. The van der Waals surface area contributed by atoms with E-state index in [9.17, 15) is 4.79 Å². The lowest BCUT2D eigenvalue weighted by Crippen LogP contribution is -2.18. The Hall–Kier alpha value is -2.43. The Labute approximate surface area is 110 Å². The van der Waals surface area contributed by atoms with Crippen molar-refractivity contribution in [1.82, 2.24) is 15.0 Å². The smallest absolute Gasteiger partial charge is 0.229 e. The third-order valence-corrected chi connectivity index (χ3v) is 3.00. The summed E-state index contributed by atoms with van der Waals surface area (Å²) in [7, 11) is 0. The summed E-state index contributed by atoms with van der Waals surface area (Å²) in [5.74, 6) is 0.346. The number of hydrogen-bond acceptors (Lipinski definition) is 3. The number of amides is 1. The summed E-state index contributed by atoms with van der Waals surface area (Å²) in [6.45, 7) is 3.69. The van der Waals surface area contributed by atoms with Gasteiger partial charge in [-0.15, -0.1) is 0 Å². The van der Waals surface area contributed by atoms with Crippen LogP contribution in [-0.2, 0) is 4.79 Å². The van der Waals surface area contributed by atoms with Crippen molar-refractivity contribution in [2.24, 2.45) is 5.92 Å². The van der Waals surface area contributed by atoms with E-state index >= 15 is 0 Å². The van der Waals surface area contributed by atoms with Crippen molar-refractivity contribution < 1.29 is 4.79 Å². The molecule has 0 atom stereocenters. The third kappa shape index (κ3) is 2.03. The van der Waals surface area contributed by atoms with Crippen molar-refractivity contribution in [2.45, 2.75) is 13.8 Å². The van der Waals surface area contributed by atoms with Crippen LogP contribution in [0.5, 0.6) is 0 Å². The minimum atomic E-state index is -0.0772. The van der Waals surface area contributed by atoms with Crippen molar-refractivity contribution in [3.05, 3.63) is 30.5 Å². The topological polar surface area (TPSA) is 70.7 Å². The molecule has 0 unspecified atom stereocenters. The van der Waals surface area contributed by atoms with Crippen LogP contribution in [0.3, 0.4) is 0 Å². The second-order valence-corrected chi connectivity index (χ2v) is 4.76. The van der Waals surface area contributed by atoms with Gasteiger partial charge >= 0.3 is 0 Å². The quantitative estimate of drug-likeness (QED) is 0.738. The van der Waals surface area contributed by atoms with Crippen LogP contribution in [0.1, 0.15) is 13.8 Å². The molecule has 1 amide bonds. The zero-order chi connectivity index (χ0) is 13.4. The highest BCUT2D eigenvalue weighted by Crippen LogP contribution is 2.23. The van der Waals surface area contributed by atoms with Crippen molar-refractivity contribution in [3.63, 3.8) is 0 Å². The predicted octanol–water partition coefficient (Wildman–Crippen LogP) is 2.71. The Morgan fingerprint density at radius 2 is 2.16 bits per heavy atom. The number of nitrogens with zero attached hydrogens (tertiary/aromatic N) is 2. The molecule has 1 aromatic carbocycles. The van der Waals surface area contributed by atoms with Crippen LogP contribution in [0.2, 0.25) is 0 Å². The van der Waals surface area contributed by atoms with E-state index in [4.69, 9.17) is 0 Å². The second kappa shape index (κ2) is 4.35. The molecule has 0 saturated heterocycles. The van der Waals surface area contributed by atoms with E-state index in [0.717, 1.165) is 21.9 Å². The Morgan fingerprint density at radius 1 is 1.32 bits per heavy atom. The second-order valence-electron chi connectivity index (χ2n) is 4.76. The number of rotatable bonds is 2. The van der Waals surface area contributed by atoms with Crippen molar-refractivity contribution in [3.8, 4) is 0 Å². The van der Waals surface area contributed by atoms with E-state index in [2.05, 4.69) is 20.3 Å². The number of carbonyl (C=O) groups excluding carboxylic acids is 1. The Morgan fingerprint density at radius 3 is 2.95 bits per heavy atom. The number of H-pyrrole nitrogens is 1. The van der Waals surface area contributed by atoms with Crippen LogP contribution in [0.25, 0.3) is 21.9 Å². The zero-order valence-electron chi connectivity index (χ0n) is 10.8. The van der Waals surface area contributed by atoms with Gasteiger partial charge in [0, 0.05) is 17.5 Å². The van der Waals surface area contributed by atoms with Crippen LogP contribution in [0, 0.1) is 5.92 Å². The molecule has 96 valence electrons. The minimum absolute atomic E-state index is 0.0542. The van der Waals surface area contributed by atoms with Crippen LogP contribution >= 0.6 is 0 Å². The maximum Gasteiger partial charge on any atom is 0.229 e. The van der Waals surface area contributed by atoms with Gasteiger partial charge in [0.15, 0.2) is 0 Å². The molecule has 5 nitrogen and oxygen atoms in total. The van der Waals surface area contributed by atoms with E-state index in [1.165, 1.54) is 0 Å². The van der Waals surface area contributed by atoms with Gasteiger partial charge < -0.3 is 4.98 Å². The standard InChI is InChI=1S/C14H14N4O/c1-8(2)13(19)18-14-16-11-6-5-10-9(12(11)17-14)4-3-7-15-10/h3-8H,1-2H3,(H2,16,17,18,19). The van der Waals surface area contributed by atoms with Gasteiger partial charge in [0.05, 0.1) is 16.6 Å². The summed E-state index contributed by atoms with van der Waals surface area (Å²) in [5, 5.41) is 3.74. The van der Waals surface area contributed by atoms with E-state index in [1.54, 1.807) is 6.20 Å². The van der Waals surface area contributed by atoms with Gasteiger partial charge in [-0.25, -0.2) is 4.98 Å². The van der Waals surface area contributed by atoms with Gasteiger partial charge in [-0.2, -0.15) is 0 Å². The fraction of sp³-hybridized carbons (Fsp3) is 0.214. The summed E-state index contributed by atoms with van der Waals surface area (Å²) in [6.07, 6.45) is 1.75. The van der Waals surface area contributed by atoms with Gasteiger partial charge in [-0.3, -0.25) is 15.1 Å². The molecule has 0 saturated carbocycles. The molecule has 0 fully saturated rings. The van der Waals surface area contributed by atoms with Crippen LogP contribution in [0.4, 0.5) is 5.95 Å². The molecular formula is C14H14N4O. The van der Waals surface area contributed by atoms with Crippen LogP contribution < -0.4 is 5.32 Å². The monoisotopic (exact) mass is 254 g/mol. The van der Waals surface area contributed by atoms with Gasteiger partial charge in [-0.05, 0) is 24.3 Å². The highest BCUT2D eigenvalue weighted by Gasteiger charge is 2.11. The zero-order valence-corrected chi connectivity index (χ0v) is 10.8. The molecule has 0 radical (unpaired) electrons. The van der Waals surface area contributed by atoms with Gasteiger partial charge in [-0.1, -0.05) is 13.8 Å². The minimum Gasteiger partial charge on any atom is -0.324 e. The Balaban J connectivity index is 2.10. The van der Waals surface area contributed by atoms with Gasteiger partial charge in [0.1, 0.15) is 0 Å². The highest BCUT2D eigenvalue weighted by molar-refractivity contribution is 6.04. The number of pyridine rings is 1. The maximum absolute atomic E-state index is 11.7. The van der Waals surface area contributed by atoms with Gasteiger partial charge in [0.2, 0.25) is 11.9 Å². The predicted molar refractivity (Wildman–Crippen MR) is 74.9 cm³/mol. The summed E-state index contributed by atoms with van der Waals surface area (Å²) in [6, 6.07) is 7.70. The first-order chi connectivity index (χ1) is 9.15. The SMILES string of the molecule is CC(C)C(=O)Nc1nc2c(ccc3ncccc32)[nH]1. The summed E-state index contributed by atoms with van der Waals surface area (Å²) in [5.41, 5.74) is 2.60. The molecule has 3 rings (SSSR count). The summed E-state index contributed by atoms with van der Waals surface area (Å²) < 4.78 is 0. The molecular weight excluding hydrogens is 240 g/mol. The van der Waals surface area contributed by atoms with E-state index < -0.39 is 0 Å². The van der Waals surface area contributed by atoms with Crippen molar-refractivity contribution >= 4 is 33.8 Å². The van der Waals surface area contributed by atoms with Crippen LogP contribution in [-0.4, -0.2) is 20.9 Å². The molecule has 0 aliphatic rings. The first-order valence-corrected chi connectivity index (χ1v) is 6.19. The van der Waals surface area contributed by atoms with Crippen molar-refractivity contribution in [1.29, 1.82) is 0 Å². The lowest BCUT2D eigenvalue weighted by molar-refractivity contribution is -0.118. The molecule has 3 aromatic rings. The fourth-order valence-corrected chi connectivity index (χ4v) is 1.95. The normalized spacial score (nSPS) is 11.3. The summed E-state index contributed by atoms with van der Waals surface area (Å²) >= 11 is 0. The molecule has 2 heterocycles. The average molecular weight is 254 g/mol. The lowest BCUT2D eigenvalue weighted by Gasteiger charge is -2.03. The lowest BCUT2D eigenvalue weighted by atomic mass is 10.2. The Kier molecular flexibility index (Phi) is 2.67. The molecule has 5 heteroatoms. The number of carbonyl (C=O) groups is 1. The molecule has 19 heavy (non-hydrogen) atoms. The van der Waals surface area contributed by atoms with Crippen LogP contribution in [0.15, 0.2) is 30.5 Å². The van der Waals surface area contributed by atoms with E-state index in [1.807, 2.05) is 38.1 Å².